The van der Waals surface area contributed by atoms with E-state index in [1.807, 2.05) is 17.9 Å². The molecule has 2 aromatic heterocycles. The van der Waals surface area contributed by atoms with E-state index in [4.69, 9.17) is 0 Å². The molecule has 0 bridgehead atoms. The lowest BCUT2D eigenvalue weighted by atomic mass is 10.0. The first-order chi connectivity index (χ1) is 17.8. The van der Waals surface area contributed by atoms with E-state index in [0.29, 0.717) is 11.4 Å². The van der Waals surface area contributed by atoms with Gasteiger partial charge in [-0.1, -0.05) is 17.3 Å². The van der Waals surface area contributed by atoms with E-state index < -0.39 is 17.6 Å². The number of amides is 1. The maximum atomic E-state index is 13.8. The Morgan fingerprint density at radius 1 is 1.08 bits per heavy atom. The molecule has 1 amide bonds. The van der Waals surface area contributed by atoms with Gasteiger partial charge >= 0.3 is 6.18 Å². The molecule has 0 unspecified atom stereocenters. The van der Waals surface area contributed by atoms with Crippen LogP contribution >= 0.6 is 0 Å². The van der Waals surface area contributed by atoms with Gasteiger partial charge in [0, 0.05) is 35.8 Å². The first kappa shape index (κ1) is 24.6. The van der Waals surface area contributed by atoms with Gasteiger partial charge in [0.25, 0.3) is 5.91 Å². The number of pyridine rings is 1. The summed E-state index contributed by atoms with van der Waals surface area (Å²) in [6, 6.07) is 12.7. The van der Waals surface area contributed by atoms with E-state index in [2.05, 4.69) is 20.6 Å². The third-order valence-corrected chi connectivity index (χ3v) is 6.43. The molecule has 37 heavy (non-hydrogen) atoms. The van der Waals surface area contributed by atoms with Gasteiger partial charge in [0.05, 0.1) is 17.4 Å². The number of nitrogens with one attached hydrogen (secondary N) is 1. The molecule has 5 rings (SSSR count). The van der Waals surface area contributed by atoms with Crippen LogP contribution in [0.15, 0.2) is 67.1 Å². The second-order valence-corrected chi connectivity index (χ2v) is 9.10. The monoisotopic (exact) mass is 506 g/mol. The Hall–Kier alpha value is -4.05. The normalized spacial score (nSPS) is 14.2. The predicted octanol–water partition coefficient (Wildman–Crippen LogP) is 5.50. The molecule has 3 heterocycles. The van der Waals surface area contributed by atoms with E-state index in [9.17, 15) is 18.0 Å². The standard InChI is InChI=1S/C27H25F3N6O/c1-18-6-7-19(13-25(18)36-17-24(33-34-36)20-5-4-10-31-15-20)26(37)32-22-9-8-21(16-35-11-2-3-12-35)23(14-22)27(28,29)30/h4-10,13-15,17H,2-3,11-12,16H2,1H3,(H,32,37). The van der Waals surface area contributed by atoms with E-state index in [1.165, 1.54) is 12.1 Å². The zero-order valence-corrected chi connectivity index (χ0v) is 20.2. The van der Waals surface area contributed by atoms with Crippen LogP contribution in [0.2, 0.25) is 0 Å². The van der Waals surface area contributed by atoms with E-state index in [1.54, 1.807) is 47.5 Å². The molecular formula is C27H25F3N6O. The molecule has 10 heteroatoms. The fourth-order valence-electron chi connectivity index (χ4n) is 4.47. The van der Waals surface area contributed by atoms with Crippen molar-refractivity contribution in [2.45, 2.75) is 32.5 Å². The summed E-state index contributed by atoms with van der Waals surface area (Å²) >= 11 is 0. The maximum Gasteiger partial charge on any atom is 0.416 e. The molecule has 4 aromatic rings. The number of hydrogen-bond acceptors (Lipinski definition) is 5. The molecule has 1 aliphatic rings. The lowest BCUT2D eigenvalue weighted by Crippen LogP contribution is -2.21. The van der Waals surface area contributed by atoms with Gasteiger partial charge in [-0.3, -0.25) is 14.7 Å². The van der Waals surface area contributed by atoms with Gasteiger partial charge in [-0.25, -0.2) is 4.68 Å². The molecule has 190 valence electrons. The molecular weight excluding hydrogens is 481 g/mol. The van der Waals surface area contributed by atoms with Crippen molar-refractivity contribution in [2.24, 2.45) is 0 Å². The minimum absolute atomic E-state index is 0.0873. The van der Waals surface area contributed by atoms with Crippen LogP contribution in [0.5, 0.6) is 0 Å². The largest absolute Gasteiger partial charge is 0.416 e. The molecule has 0 saturated carbocycles. The molecule has 1 N–H and O–H groups in total. The topological polar surface area (TPSA) is 75.9 Å². The molecule has 0 aliphatic carbocycles. The molecule has 2 aromatic carbocycles. The quantitative estimate of drug-likeness (QED) is 0.374. The summed E-state index contributed by atoms with van der Waals surface area (Å²) in [6.07, 6.45) is 2.54. The second-order valence-electron chi connectivity index (χ2n) is 9.10. The number of hydrogen-bond donors (Lipinski definition) is 1. The Morgan fingerprint density at radius 3 is 2.62 bits per heavy atom. The second kappa shape index (κ2) is 10.1. The van der Waals surface area contributed by atoms with Crippen molar-refractivity contribution in [3.8, 4) is 16.9 Å². The minimum atomic E-state index is -4.52. The van der Waals surface area contributed by atoms with Crippen molar-refractivity contribution >= 4 is 11.6 Å². The number of alkyl halides is 3. The Kier molecular flexibility index (Phi) is 6.75. The summed E-state index contributed by atoms with van der Waals surface area (Å²) in [6.45, 7) is 3.70. The number of carbonyl (C=O) groups is 1. The molecule has 1 aliphatic heterocycles. The summed E-state index contributed by atoms with van der Waals surface area (Å²) in [4.78, 5) is 19.1. The first-order valence-electron chi connectivity index (χ1n) is 12.0. The fourth-order valence-corrected chi connectivity index (χ4v) is 4.47. The maximum absolute atomic E-state index is 13.8. The van der Waals surface area contributed by atoms with Crippen LogP contribution in [0.25, 0.3) is 16.9 Å². The molecule has 1 saturated heterocycles. The van der Waals surface area contributed by atoms with Crippen LogP contribution in [-0.2, 0) is 12.7 Å². The highest BCUT2D eigenvalue weighted by molar-refractivity contribution is 6.04. The van der Waals surface area contributed by atoms with E-state index in [-0.39, 0.29) is 23.4 Å². The minimum Gasteiger partial charge on any atom is -0.322 e. The highest BCUT2D eigenvalue weighted by Crippen LogP contribution is 2.35. The number of aryl methyl sites for hydroxylation is 1. The van der Waals surface area contributed by atoms with Crippen molar-refractivity contribution in [1.82, 2.24) is 24.9 Å². The number of benzene rings is 2. The van der Waals surface area contributed by atoms with Crippen molar-refractivity contribution in [2.75, 3.05) is 18.4 Å². The van der Waals surface area contributed by atoms with E-state index in [0.717, 1.165) is 43.1 Å². The number of nitrogens with zero attached hydrogens (tertiary/aromatic N) is 5. The average molecular weight is 507 g/mol. The fraction of sp³-hybridized carbons (Fsp3) is 0.259. The summed E-state index contributed by atoms with van der Waals surface area (Å²) in [5.41, 5.74) is 2.76. The van der Waals surface area contributed by atoms with Crippen molar-refractivity contribution in [1.29, 1.82) is 0 Å². The average Bonchev–Trinajstić information content (AvgIpc) is 3.58. The van der Waals surface area contributed by atoms with E-state index >= 15 is 0 Å². The van der Waals surface area contributed by atoms with Crippen LogP contribution in [-0.4, -0.2) is 43.9 Å². The summed E-state index contributed by atoms with van der Waals surface area (Å²) in [5, 5.41) is 11.0. The number of likely N-dealkylation sites (tertiary alicyclic amines) is 1. The summed E-state index contributed by atoms with van der Waals surface area (Å²) in [5.74, 6) is -0.519. The predicted molar refractivity (Wildman–Crippen MR) is 133 cm³/mol. The smallest absolute Gasteiger partial charge is 0.322 e. The Labute approximate surface area is 211 Å². The van der Waals surface area contributed by atoms with Crippen LogP contribution in [0.3, 0.4) is 0 Å². The van der Waals surface area contributed by atoms with Crippen molar-refractivity contribution in [3.05, 3.63) is 89.4 Å². The third kappa shape index (κ3) is 5.54. The van der Waals surface area contributed by atoms with Crippen molar-refractivity contribution < 1.29 is 18.0 Å². The lowest BCUT2D eigenvalue weighted by Gasteiger charge is -2.20. The number of anilines is 1. The zero-order valence-electron chi connectivity index (χ0n) is 20.2. The Bertz CT molecular complexity index is 1410. The third-order valence-electron chi connectivity index (χ3n) is 6.43. The van der Waals surface area contributed by atoms with Crippen LogP contribution in [0.4, 0.5) is 18.9 Å². The van der Waals surface area contributed by atoms with Crippen molar-refractivity contribution in [3.63, 3.8) is 0 Å². The lowest BCUT2D eigenvalue weighted by molar-refractivity contribution is -0.138. The van der Waals surface area contributed by atoms with Crippen LogP contribution < -0.4 is 5.32 Å². The number of rotatable bonds is 6. The molecule has 0 atom stereocenters. The van der Waals surface area contributed by atoms with Gasteiger partial charge < -0.3 is 5.32 Å². The Morgan fingerprint density at radius 2 is 1.89 bits per heavy atom. The Balaban J connectivity index is 1.38. The molecule has 0 spiro atoms. The van der Waals surface area contributed by atoms with Crippen LogP contribution in [0, 0.1) is 6.92 Å². The summed E-state index contributed by atoms with van der Waals surface area (Å²) < 4.78 is 43.0. The highest BCUT2D eigenvalue weighted by atomic mass is 19.4. The highest BCUT2D eigenvalue weighted by Gasteiger charge is 2.34. The zero-order chi connectivity index (χ0) is 26.0. The van der Waals surface area contributed by atoms with Gasteiger partial charge in [0.15, 0.2) is 0 Å². The molecule has 1 fully saturated rings. The SMILES string of the molecule is Cc1ccc(C(=O)Nc2ccc(CN3CCCC3)c(C(F)(F)F)c2)cc1-n1cc(-c2cccnc2)nn1. The summed E-state index contributed by atoms with van der Waals surface area (Å²) in [7, 11) is 0. The van der Waals surface area contributed by atoms with Gasteiger partial charge in [0.1, 0.15) is 5.69 Å². The van der Waals surface area contributed by atoms with Gasteiger partial charge in [-0.15, -0.1) is 5.10 Å². The molecule has 0 radical (unpaired) electrons. The molecule has 7 nitrogen and oxygen atoms in total. The number of halogens is 3. The van der Waals surface area contributed by atoms with Crippen LogP contribution in [0.1, 0.15) is 39.9 Å². The van der Waals surface area contributed by atoms with Gasteiger partial charge in [-0.2, -0.15) is 13.2 Å². The number of carbonyl (C=O) groups excluding carboxylic acids is 1. The first-order valence-corrected chi connectivity index (χ1v) is 12.0. The van der Waals surface area contributed by atoms with Gasteiger partial charge in [0.2, 0.25) is 0 Å². The number of aromatic nitrogens is 4. The van der Waals surface area contributed by atoms with Gasteiger partial charge in [-0.05, 0) is 80.4 Å².